The number of rotatable bonds is 5. The van der Waals surface area contributed by atoms with Gasteiger partial charge in [0.25, 0.3) is 0 Å². The van der Waals surface area contributed by atoms with Gasteiger partial charge < -0.3 is 9.09 Å². The van der Waals surface area contributed by atoms with Crippen molar-refractivity contribution >= 4 is 33.8 Å². The smallest absolute Gasteiger partial charge is 0.239 e. The lowest BCUT2D eigenvalue weighted by Crippen LogP contribution is -2.13. The highest BCUT2D eigenvalue weighted by molar-refractivity contribution is 7.99. The minimum Gasteiger partial charge on any atom is -0.338 e. The third kappa shape index (κ3) is 3.37. The van der Waals surface area contributed by atoms with Gasteiger partial charge in [0.15, 0.2) is 11.5 Å². The standard InChI is InChI=1S/C20H24N6OS/c1-6-11-26-14-10-8-7-9-13(14)15-16(26)21-19(24-23-15)28-12(2)17-22-18(25-27-17)20(3,4)5/h7-10,12H,6,11H2,1-5H3/t12-/m0/s1. The van der Waals surface area contributed by atoms with E-state index in [2.05, 4.69) is 64.7 Å². The van der Waals surface area contributed by atoms with Crippen LogP contribution in [0.5, 0.6) is 0 Å². The van der Waals surface area contributed by atoms with Crippen molar-refractivity contribution < 1.29 is 4.52 Å². The predicted octanol–water partition coefficient (Wildman–Crippen LogP) is 4.92. The van der Waals surface area contributed by atoms with Crippen LogP contribution in [0, 0.1) is 0 Å². The van der Waals surface area contributed by atoms with E-state index in [1.807, 2.05) is 19.1 Å². The largest absolute Gasteiger partial charge is 0.338 e. The second-order valence-corrected chi connectivity index (χ2v) is 9.21. The minimum atomic E-state index is -0.149. The number of nitrogens with zero attached hydrogens (tertiary/aromatic N) is 6. The molecule has 1 atom stereocenters. The van der Waals surface area contributed by atoms with Crippen molar-refractivity contribution in [2.45, 2.75) is 63.4 Å². The lowest BCUT2D eigenvalue weighted by molar-refractivity contribution is 0.364. The summed E-state index contributed by atoms with van der Waals surface area (Å²) in [6.07, 6.45) is 1.02. The molecule has 0 aliphatic carbocycles. The van der Waals surface area contributed by atoms with Crippen molar-refractivity contribution in [2.75, 3.05) is 0 Å². The summed E-state index contributed by atoms with van der Waals surface area (Å²) >= 11 is 1.48. The monoisotopic (exact) mass is 396 g/mol. The molecule has 0 spiro atoms. The van der Waals surface area contributed by atoms with Gasteiger partial charge in [0, 0.05) is 17.3 Å². The molecule has 0 N–H and O–H groups in total. The molecule has 0 bridgehead atoms. The van der Waals surface area contributed by atoms with Crippen molar-refractivity contribution in [3.63, 3.8) is 0 Å². The van der Waals surface area contributed by atoms with Crippen LogP contribution < -0.4 is 0 Å². The van der Waals surface area contributed by atoms with Crippen molar-refractivity contribution in [1.82, 2.24) is 29.9 Å². The first kappa shape index (κ1) is 18.9. The molecule has 28 heavy (non-hydrogen) atoms. The zero-order chi connectivity index (χ0) is 19.9. The first-order valence-electron chi connectivity index (χ1n) is 9.51. The number of thioether (sulfide) groups is 1. The van der Waals surface area contributed by atoms with Gasteiger partial charge in [-0.3, -0.25) is 0 Å². The average Bonchev–Trinajstić information content (AvgIpc) is 3.27. The average molecular weight is 397 g/mol. The van der Waals surface area contributed by atoms with E-state index in [1.54, 1.807) is 0 Å². The van der Waals surface area contributed by atoms with Crippen LogP contribution in [0.3, 0.4) is 0 Å². The van der Waals surface area contributed by atoms with Crippen LogP contribution in [-0.2, 0) is 12.0 Å². The first-order valence-corrected chi connectivity index (χ1v) is 10.4. The topological polar surface area (TPSA) is 82.5 Å². The number of fused-ring (bicyclic) bond motifs is 3. The van der Waals surface area contributed by atoms with Gasteiger partial charge in [-0.15, -0.1) is 10.2 Å². The van der Waals surface area contributed by atoms with E-state index in [9.17, 15) is 0 Å². The van der Waals surface area contributed by atoms with Gasteiger partial charge in [-0.25, -0.2) is 4.98 Å². The number of aromatic nitrogens is 6. The van der Waals surface area contributed by atoms with E-state index in [0.29, 0.717) is 16.9 Å². The van der Waals surface area contributed by atoms with Crippen molar-refractivity contribution in [3.8, 4) is 0 Å². The maximum Gasteiger partial charge on any atom is 0.239 e. The lowest BCUT2D eigenvalue weighted by atomic mass is 9.96. The molecule has 146 valence electrons. The molecule has 0 saturated heterocycles. The van der Waals surface area contributed by atoms with Gasteiger partial charge in [0.2, 0.25) is 11.0 Å². The molecule has 7 nitrogen and oxygen atoms in total. The van der Waals surface area contributed by atoms with Crippen molar-refractivity contribution in [1.29, 1.82) is 0 Å². The predicted molar refractivity (Wildman–Crippen MR) is 110 cm³/mol. The normalized spacial score (nSPS) is 13.5. The van der Waals surface area contributed by atoms with E-state index in [0.717, 1.165) is 35.0 Å². The van der Waals surface area contributed by atoms with Crippen LogP contribution in [0.15, 0.2) is 33.9 Å². The molecule has 4 rings (SSSR count). The second kappa shape index (κ2) is 7.16. The quantitative estimate of drug-likeness (QED) is 0.443. The van der Waals surface area contributed by atoms with Crippen LogP contribution in [-0.4, -0.2) is 29.9 Å². The molecule has 0 aliphatic heterocycles. The second-order valence-electron chi connectivity index (χ2n) is 7.90. The highest BCUT2D eigenvalue weighted by Gasteiger charge is 2.24. The Morgan fingerprint density at radius 2 is 1.93 bits per heavy atom. The summed E-state index contributed by atoms with van der Waals surface area (Å²) in [6.45, 7) is 11.3. The molecule has 3 aromatic heterocycles. The zero-order valence-electron chi connectivity index (χ0n) is 16.8. The van der Waals surface area contributed by atoms with E-state index >= 15 is 0 Å². The fourth-order valence-corrected chi connectivity index (χ4v) is 3.84. The fraction of sp³-hybridized carbons (Fsp3) is 0.450. The summed E-state index contributed by atoms with van der Waals surface area (Å²) in [7, 11) is 0. The molecule has 4 aromatic rings. The first-order chi connectivity index (χ1) is 13.4. The summed E-state index contributed by atoms with van der Waals surface area (Å²) in [5, 5.41) is 14.6. The number of hydrogen-bond acceptors (Lipinski definition) is 7. The van der Waals surface area contributed by atoms with Crippen LogP contribution in [0.1, 0.15) is 58.0 Å². The third-order valence-corrected chi connectivity index (χ3v) is 5.48. The van der Waals surface area contributed by atoms with Crippen LogP contribution >= 0.6 is 11.8 Å². The minimum absolute atomic E-state index is 0.0631. The Morgan fingerprint density at radius 3 is 2.64 bits per heavy atom. The fourth-order valence-electron chi connectivity index (χ4n) is 3.10. The van der Waals surface area contributed by atoms with Gasteiger partial charge in [-0.2, -0.15) is 4.98 Å². The molecule has 0 radical (unpaired) electrons. The maximum atomic E-state index is 5.46. The highest BCUT2D eigenvalue weighted by Crippen LogP contribution is 2.34. The summed E-state index contributed by atoms with van der Waals surface area (Å²) in [4.78, 5) is 9.36. The molecule has 8 heteroatoms. The summed E-state index contributed by atoms with van der Waals surface area (Å²) in [5.74, 6) is 1.28. The third-order valence-electron chi connectivity index (χ3n) is 4.54. The molecule has 0 aliphatic rings. The molecule has 0 fully saturated rings. The zero-order valence-corrected chi connectivity index (χ0v) is 17.6. The van der Waals surface area contributed by atoms with Crippen LogP contribution in [0.2, 0.25) is 0 Å². The Hall–Kier alpha value is -2.48. The van der Waals surface area contributed by atoms with Gasteiger partial charge in [-0.1, -0.05) is 62.8 Å². The van der Waals surface area contributed by atoms with E-state index < -0.39 is 0 Å². The Kier molecular flexibility index (Phi) is 4.82. The highest BCUT2D eigenvalue weighted by atomic mass is 32.2. The number of benzene rings is 1. The molecule has 3 heterocycles. The molecular weight excluding hydrogens is 372 g/mol. The van der Waals surface area contributed by atoms with Crippen LogP contribution in [0.25, 0.3) is 22.1 Å². The molecule has 1 aromatic carbocycles. The van der Waals surface area contributed by atoms with Gasteiger partial charge in [0.1, 0.15) is 5.52 Å². The Labute approximate surface area is 167 Å². The summed E-state index contributed by atoms with van der Waals surface area (Å²) < 4.78 is 7.68. The number of para-hydroxylation sites is 1. The van der Waals surface area contributed by atoms with E-state index in [4.69, 9.17) is 9.51 Å². The maximum absolute atomic E-state index is 5.46. The summed E-state index contributed by atoms with van der Waals surface area (Å²) in [6, 6.07) is 8.24. The van der Waals surface area contributed by atoms with Gasteiger partial charge in [-0.05, 0) is 19.4 Å². The van der Waals surface area contributed by atoms with E-state index in [1.165, 1.54) is 11.8 Å². The molecule has 0 amide bonds. The van der Waals surface area contributed by atoms with E-state index in [-0.39, 0.29) is 10.7 Å². The molecule has 0 unspecified atom stereocenters. The Morgan fingerprint density at radius 1 is 1.14 bits per heavy atom. The van der Waals surface area contributed by atoms with Gasteiger partial charge in [0.05, 0.1) is 10.8 Å². The lowest BCUT2D eigenvalue weighted by Gasteiger charge is -2.11. The van der Waals surface area contributed by atoms with Gasteiger partial charge >= 0.3 is 0 Å². The van der Waals surface area contributed by atoms with Crippen molar-refractivity contribution in [3.05, 3.63) is 36.0 Å². The number of aryl methyl sites for hydroxylation is 1. The molecular formula is C20H24N6OS. The number of hydrogen-bond donors (Lipinski definition) is 0. The summed E-state index contributed by atoms with van der Waals surface area (Å²) in [5.41, 5.74) is 2.70. The Bertz CT molecular complexity index is 1130. The van der Waals surface area contributed by atoms with Crippen LogP contribution in [0.4, 0.5) is 0 Å². The van der Waals surface area contributed by atoms with Crippen molar-refractivity contribution in [2.24, 2.45) is 0 Å². The molecule has 0 saturated carbocycles. The Balaban J connectivity index is 1.68. The SMILES string of the molecule is CCCn1c2ccccc2c2nnc(S[C@@H](C)c3nc(C(C)(C)C)no3)nc21.